The first-order valence-electron chi connectivity index (χ1n) is 5.34. The summed E-state index contributed by atoms with van der Waals surface area (Å²) in [5, 5.41) is 0. The van der Waals surface area contributed by atoms with Crippen LogP contribution in [0.4, 0.5) is 0 Å². The van der Waals surface area contributed by atoms with Crippen LogP contribution in [0.3, 0.4) is 0 Å². The molecule has 5 nitrogen and oxygen atoms in total. The SMILES string of the molecule is CCC[C@@H](N)C(=O)NS(=O)(=O)c1ccccc1. The van der Waals surface area contributed by atoms with Crippen molar-refractivity contribution in [1.29, 1.82) is 0 Å². The minimum Gasteiger partial charge on any atom is -0.320 e. The zero-order valence-corrected chi connectivity index (χ0v) is 10.4. The number of hydrogen-bond donors (Lipinski definition) is 2. The van der Waals surface area contributed by atoms with Gasteiger partial charge in [-0.15, -0.1) is 0 Å². The van der Waals surface area contributed by atoms with Crippen LogP contribution in [0, 0.1) is 0 Å². The molecule has 0 fully saturated rings. The number of benzene rings is 1. The normalized spacial score (nSPS) is 13.1. The molecule has 1 rings (SSSR count). The van der Waals surface area contributed by atoms with Gasteiger partial charge < -0.3 is 5.73 Å². The van der Waals surface area contributed by atoms with Crippen LogP contribution >= 0.6 is 0 Å². The molecular weight excluding hydrogens is 240 g/mol. The third-order valence-electron chi connectivity index (χ3n) is 2.22. The van der Waals surface area contributed by atoms with Crippen LogP contribution in [0.25, 0.3) is 0 Å². The fraction of sp³-hybridized carbons (Fsp3) is 0.364. The maximum Gasteiger partial charge on any atom is 0.264 e. The Labute approximate surface area is 101 Å². The molecule has 0 bridgehead atoms. The van der Waals surface area contributed by atoms with Crippen LogP contribution in [-0.4, -0.2) is 20.4 Å². The Morgan fingerprint density at radius 2 is 1.94 bits per heavy atom. The fourth-order valence-electron chi connectivity index (χ4n) is 1.31. The number of rotatable bonds is 5. The van der Waals surface area contributed by atoms with Gasteiger partial charge in [-0.05, 0) is 18.6 Å². The van der Waals surface area contributed by atoms with Crippen LogP contribution in [0.2, 0.25) is 0 Å². The molecule has 0 saturated carbocycles. The van der Waals surface area contributed by atoms with Gasteiger partial charge in [0.05, 0.1) is 10.9 Å². The molecule has 94 valence electrons. The Hall–Kier alpha value is -1.40. The second kappa shape index (κ2) is 5.79. The van der Waals surface area contributed by atoms with E-state index >= 15 is 0 Å². The zero-order valence-electron chi connectivity index (χ0n) is 9.59. The molecule has 1 atom stereocenters. The van der Waals surface area contributed by atoms with Crippen LogP contribution < -0.4 is 10.5 Å². The average molecular weight is 256 g/mol. The van der Waals surface area contributed by atoms with E-state index < -0.39 is 22.0 Å². The van der Waals surface area contributed by atoms with Crippen molar-refractivity contribution in [3.05, 3.63) is 30.3 Å². The van der Waals surface area contributed by atoms with Crippen molar-refractivity contribution in [2.24, 2.45) is 5.73 Å². The lowest BCUT2D eigenvalue weighted by Gasteiger charge is -2.11. The van der Waals surface area contributed by atoms with Gasteiger partial charge in [0.2, 0.25) is 0 Å². The lowest BCUT2D eigenvalue weighted by molar-refractivity contribution is -0.120. The number of nitrogens with one attached hydrogen (secondary N) is 1. The molecule has 0 aliphatic heterocycles. The lowest BCUT2D eigenvalue weighted by atomic mass is 10.2. The Balaban J connectivity index is 2.78. The highest BCUT2D eigenvalue weighted by atomic mass is 32.2. The Kier molecular flexibility index (Phi) is 4.65. The zero-order chi connectivity index (χ0) is 12.9. The molecule has 17 heavy (non-hydrogen) atoms. The van der Waals surface area contributed by atoms with Gasteiger partial charge in [0, 0.05) is 0 Å². The first kappa shape index (κ1) is 13.7. The van der Waals surface area contributed by atoms with E-state index in [0.29, 0.717) is 6.42 Å². The first-order valence-corrected chi connectivity index (χ1v) is 6.83. The number of carbonyl (C=O) groups is 1. The van der Waals surface area contributed by atoms with Crippen molar-refractivity contribution >= 4 is 15.9 Å². The van der Waals surface area contributed by atoms with Gasteiger partial charge in [-0.2, -0.15) is 0 Å². The van der Waals surface area contributed by atoms with E-state index in [0.717, 1.165) is 6.42 Å². The van der Waals surface area contributed by atoms with Gasteiger partial charge in [0.25, 0.3) is 15.9 Å². The van der Waals surface area contributed by atoms with E-state index in [1.54, 1.807) is 18.2 Å². The molecule has 1 aromatic carbocycles. The summed E-state index contributed by atoms with van der Waals surface area (Å²) in [6.07, 6.45) is 1.18. The number of carbonyl (C=O) groups excluding carboxylic acids is 1. The molecule has 0 saturated heterocycles. The van der Waals surface area contributed by atoms with Crippen LogP contribution in [0.15, 0.2) is 35.2 Å². The summed E-state index contributed by atoms with van der Waals surface area (Å²) in [5.74, 6) is -0.671. The van der Waals surface area contributed by atoms with Crippen molar-refractivity contribution < 1.29 is 13.2 Å². The molecule has 0 spiro atoms. The topological polar surface area (TPSA) is 89.3 Å². The van der Waals surface area contributed by atoms with Crippen molar-refractivity contribution in [1.82, 2.24) is 4.72 Å². The second-order valence-corrected chi connectivity index (χ2v) is 5.36. The van der Waals surface area contributed by atoms with Crippen molar-refractivity contribution in [3.8, 4) is 0 Å². The maximum atomic E-state index is 11.8. The molecule has 0 aliphatic rings. The van der Waals surface area contributed by atoms with Gasteiger partial charge in [-0.3, -0.25) is 4.79 Å². The monoisotopic (exact) mass is 256 g/mol. The number of amides is 1. The molecule has 1 amide bonds. The summed E-state index contributed by atoms with van der Waals surface area (Å²) < 4.78 is 25.5. The summed E-state index contributed by atoms with van der Waals surface area (Å²) in [4.78, 5) is 11.6. The Bertz CT molecular complexity index is 471. The van der Waals surface area contributed by atoms with E-state index in [9.17, 15) is 13.2 Å². The van der Waals surface area contributed by atoms with Crippen molar-refractivity contribution in [2.75, 3.05) is 0 Å². The third-order valence-corrected chi connectivity index (χ3v) is 3.59. The molecule has 0 unspecified atom stereocenters. The second-order valence-electron chi connectivity index (χ2n) is 3.68. The molecule has 1 aromatic rings. The van der Waals surface area contributed by atoms with Gasteiger partial charge >= 0.3 is 0 Å². The number of nitrogens with two attached hydrogens (primary N) is 1. The Morgan fingerprint density at radius 3 is 2.47 bits per heavy atom. The predicted molar refractivity (Wildman–Crippen MR) is 64.7 cm³/mol. The third kappa shape index (κ3) is 3.83. The summed E-state index contributed by atoms with van der Waals surface area (Å²) in [7, 11) is -3.80. The lowest BCUT2D eigenvalue weighted by Crippen LogP contribution is -2.43. The largest absolute Gasteiger partial charge is 0.320 e. The maximum absolute atomic E-state index is 11.8. The molecule has 0 aliphatic carbocycles. The van der Waals surface area contributed by atoms with Crippen molar-refractivity contribution in [2.45, 2.75) is 30.7 Å². The van der Waals surface area contributed by atoms with E-state index in [1.807, 2.05) is 11.6 Å². The summed E-state index contributed by atoms with van der Waals surface area (Å²) in [6.45, 7) is 1.87. The van der Waals surface area contributed by atoms with Gasteiger partial charge in [-0.25, -0.2) is 13.1 Å². The van der Waals surface area contributed by atoms with E-state index in [1.165, 1.54) is 12.1 Å². The van der Waals surface area contributed by atoms with Crippen LogP contribution in [-0.2, 0) is 14.8 Å². The number of sulfonamides is 1. The first-order chi connectivity index (χ1) is 7.97. The molecule has 0 heterocycles. The average Bonchev–Trinajstić information content (AvgIpc) is 2.30. The standard InChI is InChI=1S/C11H16N2O3S/c1-2-6-10(12)11(14)13-17(15,16)9-7-4-3-5-8-9/h3-5,7-8,10H,2,6,12H2,1H3,(H,13,14)/t10-/m1/s1. The molecule has 0 radical (unpaired) electrons. The smallest absolute Gasteiger partial charge is 0.264 e. The summed E-state index contributed by atoms with van der Waals surface area (Å²) in [6, 6.07) is 6.92. The quantitative estimate of drug-likeness (QED) is 0.808. The minimum atomic E-state index is -3.80. The summed E-state index contributed by atoms with van der Waals surface area (Å²) >= 11 is 0. The minimum absolute atomic E-state index is 0.0528. The van der Waals surface area contributed by atoms with Crippen LogP contribution in [0.1, 0.15) is 19.8 Å². The highest BCUT2D eigenvalue weighted by Gasteiger charge is 2.20. The van der Waals surface area contributed by atoms with E-state index in [4.69, 9.17) is 5.73 Å². The molecular formula is C11H16N2O3S. The predicted octanol–water partition coefficient (Wildman–Crippen LogP) is 0.619. The highest BCUT2D eigenvalue weighted by Crippen LogP contribution is 2.07. The van der Waals surface area contributed by atoms with Gasteiger partial charge in [0.1, 0.15) is 0 Å². The molecule has 0 aromatic heterocycles. The van der Waals surface area contributed by atoms with Gasteiger partial charge in [-0.1, -0.05) is 31.5 Å². The van der Waals surface area contributed by atoms with E-state index in [-0.39, 0.29) is 4.90 Å². The number of hydrogen-bond acceptors (Lipinski definition) is 4. The van der Waals surface area contributed by atoms with E-state index in [2.05, 4.69) is 0 Å². The van der Waals surface area contributed by atoms with Crippen LogP contribution in [0.5, 0.6) is 0 Å². The summed E-state index contributed by atoms with van der Waals surface area (Å²) in [5.41, 5.74) is 5.54. The van der Waals surface area contributed by atoms with Crippen molar-refractivity contribution in [3.63, 3.8) is 0 Å². The fourth-order valence-corrected chi connectivity index (χ4v) is 2.36. The Morgan fingerprint density at radius 1 is 1.35 bits per heavy atom. The van der Waals surface area contributed by atoms with Gasteiger partial charge in [0.15, 0.2) is 0 Å². The molecule has 6 heteroatoms. The molecule has 3 N–H and O–H groups in total. The highest BCUT2D eigenvalue weighted by molar-refractivity contribution is 7.90.